The Hall–Kier alpha value is -2.33. The Balaban J connectivity index is 1.45. The summed E-state index contributed by atoms with van der Waals surface area (Å²) in [6.45, 7) is 4.20. The van der Waals surface area contributed by atoms with Crippen molar-refractivity contribution in [2.75, 3.05) is 29.1 Å². The summed E-state index contributed by atoms with van der Waals surface area (Å²) in [5, 5.41) is 3.96. The summed E-state index contributed by atoms with van der Waals surface area (Å²) in [6, 6.07) is 2.93. The Labute approximate surface area is 174 Å². The number of nitrogens with zero attached hydrogens (tertiary/aromatic N) is 4. The van der Waals surface area contributed by atoms with Crippen LogP contribution in [0.4, 0.5) is 19.6 Å². The van der Waals surface area contributed by atoms with Gasteiger partial charge in [0.1, 0.15) is 27.7 Å². The lowest BCUT2D eigenvalue weighted by Gasteiger charge is -2.29. The van der Waals surface area contributed by atoms with E-state index in [9.17, 15) is 13.6 Å². The monoisotopic (exact) mass is 435 g/mol. The molecule has 2 aromatic heterocycles. The molecule has 1 aliphatic rings. The molecular weight excluding hydrogens is 416 g/mol. The van der Waals surface area contributed by atoms with Gasteiger partial charge in [0.15, 0.2) is 10.8 Å². The molecule has 1 N–H and O–H groups in total. The van der Waals surface area contributed by atoms with Gasteiger partial charge in [-0.3, -0.25) is 4.79 Å². The van der Waals surface area contributed by atoms with Crippen LogP contribution in [-0.4, -0.2) is 39.7 Å². The van der Waals surface area contributed by atoms with E-state index in [0.717, 1.165) is 59.9 Å². The highest BCUT2D eigenvalue weighted by Gasteiger charge is 2.21. The number of aromatic nitrogens is 3. The van der Waals surface area contributed by atoms with Crippen LogP contribution in [0, 0.1) is 17.6 Å². The SMILES string of the molecule is CC1CCN(c2nc3ncnc(SCC(=O)Nc4cc(F)ccc4F)c3s2)CC1. The van der Waals surface area contributed by atoms with Gasteiger partial charge in [0.05, 0.1) is 11.4 Å². The molecule has 0 aliphatic carbocycles. The number of piperidine rings is 1. The second kappa shape index (κ2) is 8.58. The van der Waals surface area contributed by atoms with Crippen LogP contribution >= 0.6 is 23.1 Å². The van der Waals surface area contributed by atoms with E-state index in [1.165, 1.54) is 29.4 Å². The Bertz CT molecular complexity index is 1040. The average Bonchev–Trinajstić information content (AvgIpc) is 3.14. The van der Waals surface area contributed by atoms with Gasteiger partial charge in [0.25, 0.3) is 0 Å². The third-order valence-electron chi connectivity index (χ3n) is 4.74. The van der Waals surface area contributed by atoms with E-state index in [-0.39, 0.29) is 11.4 Å². The van der Waals surface area contributed by atoms with Crippen LogP contribution in [-0.2, 0) is 4.79 Å². The largest absolute Gasteiger partial charge is 0.348 e. The highest BCUT2D eigenvalue weighted by Crippen LogP contribution is 2.35. The van der Waals surface area contributed by atoms with Crippen molar-refractivity contribution < 1.29 is 13.6 Å². The predicted molar refractivity (Wildman–Crippen MR) is 112 cm³/mol. The first-order valence-electron chi connectivity index (χ1n) is 9.24. The first-order valence-corrected chi connectivity index (χ1v) is 11.0. The standard InChI is InChI=1S/C19H19F2N5OS2/c1-11-4-6-26(7-5-11)19-25-17-16(29-19)18(23-10-22-17)28-9-15(27)24-14-8-12(20)2-3-13(14)21/h2-3,8,10-11H,4-7,9H2,1H3,(H,24,27). The van der Waals surface area contributed by atoms with Crippen LogP contribution < -0.4 is 10.2 Å². The number of halogens is 2. The number of rotatable bonds is 5. The van der Waals surface area contributed by atoms with Gasteiger partial charge >= 0.3 is 0 Å². The summed E-state index contributed by atoms with van der Waals surface area (Å²) in [5.41, 5.74) is 0.431. The van der Waals surface area contributed by atoms with Crippen LogP contribution in [0.15, 0.2) is 29.6 Å². The molecule has 152 valence electrons. The topological polar surface area (TPSA) is 71.0 Å². The lowest BCUT2D eigenvalue weighted by atomic mass is 10.00. The zero-order chi connectivity index (χ0) is 20.4. The summed E-state index contributed by atoms with van der Waals surface area (Å²) >= 11 is 2.74. The number of carbonyl (C=O) groups is 1. The number of thiazole rings is 1. The van der Waals surface area contributed by atoms with E-state index in [1.807, 2.05) is 0 Å². The van der Waals surface area contributed by atoms with E-state index in [1.54, 1.807) is 0 Å². The van der Waals surface area contributed by atoms with Crippen LogP contribution in [0.2, 0.25) is 0 Å². The molecular formula is C19H19F2N5OS2. The average molecular weight is 436 g/mol. The normalized spacial score (nSPS) is 15.1. The van der Waals surface area contributed by atoms with E-state index in [2.05, 4.69) is 32.1 Å². The number of nitrogens with one attached hydrogen (secondary N) is 1. The Morgan fingerprint density at radius 3 is 2.90 bits per heavy atom. The van der Waals surface area contributed by atoms with Crippen molar-refractivity contribution in [2.45, 2.75) is 24.8 Å². The van der Waals surface area contributed by atoms with Crippen molar-refractivity contribution in [1.82, 2.24) is 15.0 Å². The molecule has 1 saturated heterocycles. The molecule has 1 aliphatic heterocycles. The fraction of sp³-hybridized carbons (Fsp3) is 0.368. The maximum Gasteiger partial charge on any atom is 0.234 e. The molecule has 0 bridgehead atoms. The zero-order valence-electron chi connectivity index (χ0n) is 15.7. The van der Waals surface area contributed by atoms with Crippen molar-refractivity contribution in [1.29, 1.82) is 0 Å². The number of amides is 1. The summed E-state index contributed by atoms with van der Waals surface area (Å²) in [7, 11) is 0. The molecule has 3 heterocycles. The molecule has 6 nitrogen and oxygen atoms in total. The Morgan fingerprint density at radius 2 is 2.10 bits per heavy atom. The number of benzene rings is 1. The lowest BCUT2D eigenvalue weighted by molar-refractivity contribution is -0.113. The number of anilines is 2. The minimum atomic E-state index is -0.683. The second-order valence-electron chi connectivity index (χ2n) is 6.96. The van der Waals surface area contributed by atoms with Gasteiger partial charge in [-0.25, -0.2) is 18.7 Å². The van der Waals surface area contributed by atoms with E-state index in [0.29, 0.717) is 10.7 Å². The summed E-state index contributed by atoms with van der Waals surface area (Å²) in [5.74, 6) is -1.00. The quantitative estimate of drug-likeness (QED) is 0.475. The molecule has 0 unspecified atom stereocenters. The van der Waals surface area contributed by atoms with Gasteiger partial charge in [0.2, 0.25) is 5.91 Å². The molecule has 1 fully saturated rings. The highest BCUT2D eigenvalue weighted by atomic mass is 32.2. The molecule has 0 spiro atoms. The van der Waals surface area contributed by atoms with Gasteiger partial charge in [0, 0.05) is 19.2 Å². The summed E-state index contributed by atoms with van der Waals surface area (Å²) in [4.78, 5) is 27.6. The summed E-state index contributed by atoms with van der Waals surface area (Å²) < 4.78 is 27.8. The minimum Gasteiger partial charge on any atom is -0.348 e. The predicted octanol–water partition coefficient (Wildman–Crippen LogP) is 4.33. The summed E-state index contributed by atoms with van der Waals surface area (Å²) in [6.07, 6.45) is 3.70. The molecule has 1 aromatic carbocycles. The first kappa shape index (κ1) is 20.0. The Morgan fingerprint density at radius 1 is 1.31 bits per heavy atom. The molecule has 10 heteroatoms. The maximum absolute atomic E-state index is 13.7. The van der Waals surface area contributed by atoms with E-state index >= 15 is 0 Å². The van der Waals surface area contributed by atoms with Crippen LogP contribution in [0.5, 0.6) is 0 Å². The zero-order valence-corrected chi connectivity index (χ0v) is 17.3. The molecule has 1 amide bonds. The third kappa shape index (κ3) is 4.64. The van der Waals surface area contributed by atoms with Gasteiger partial charge < -0.3 is 10.2 Å². The number of fused-ring (bicyclic) bond motifs is 1. The first-order chi connectivity index (χ1) is 14.0. The van der Waals surface area contributed by atoms with Crippen LogP contribution in [0.3, 0.4) is 0 Å². The van der Waals surface area contributed by atoms with Gasteiger partial charge in [-0.05, 0) is 30.9 Å². The van der Waals surface area contributed by atoms with E-state index in [4.69, 9.17) is 0 Å². The van der Waals surface area contributed by atoms with E-state index < -0.39 is 17.5 Å². The van der Waals surface area contributed by atoms with Crippen molar-refractivity contribution >= 4 is 50.2 Å². The van der Waals surface area contributed by atoms with Gasteiger partial charge in [-0.1, -0.05) is 30.0 Å². The lowest BCUT2D eigenvalue weighted by Crippen LogP contribution is -2.32. The number of hydrogen-bond donors (Lipinski definition) is 1. The molecule has 0 saturated carbocycles. The minimum absolute atomic E-state index is 0.0104. The Kier molecular flexibility index (Phi) is 5.91. The molecule has 0 radical (unpaired) electrons. The number of carbonyl (C=O) groups excluding carboxylic acids is 1. The number of thioether (sulfide) groups is 1. The van der Waals surface area contributed by atoms with Crippen molar-refractivity contribution in [3.8, 4) is 0 Å². The number of hydrogen-bond acceptors (Lipinski definition) is 7. The van der Waals surface area contributed by atoms with Gasteiger partial charge in [-0.2, -0.15) is 4.98 Å². The van der Waals surface area contributed by atoms with Gasteiger partial charge in [-0.15, -0.1) is 0 Å². The van der Waals surface area contributed by atoms with Crippen molar-refractivity contribution in [2.24, 2.45) is 5.92 Å². The van der Waals surface area contributed by atoms with Crippen molar-refractivity contribution in [3.63, 3.8) is 0 Å². The fourth-order valence-corrected chi connectivity index (χ4v) is 5.02. The fourth-order valence-electron chi connectivity index (χ4n) is 3.07. The molecule has 4 rings (SSSR count). The van der Waals surface area contributed by atoms with Crippen molar-refractivity contribution in [3.05, 3.63) is 36.2 Å². The second-order valence-corrected chi connectivity index (χ2v) is 8.90. The molecule has 29 heavy (non-hydrogen) atoms. The smallest absolute Gasteiger partial charge is 0.234 e. The van der Waals surface area contributed by atoms with Crippen LogP contribution in [0.1, 0.15) is 19.8 Å². The maximum atomic E-state index is 13.7. The highest BCUT2D eigenvalue weighted by molar-refractivity contribution is 8.00. The van der Waals surface area contributed by atoms with Crippen LogP contribution in [0.25, 0.3) is 10.3 Å². The molecule has 3 aromatic rings. The molecule has 0 atom stereocenters. The third-order valence-corrected chi connectivity index (χ3v) is 6.97.